The number of aryl methyl sites for hydroxylation is 1. The van der Waals surface area contributed by atoms with Gasteiger partial charge in [-0.2, -0.15) is 4.98 Å². The summed E-state index contributed by atoms with van der Waals surface area (Å²) in [6.45, 7) is 11.7. The third-order valence-corrected chi connectivity index (χ3v) is 5.08. The van der Waals surface area contributed by atoms with Gasteiger partial charge in [0.2, 0.25) is 11.7 Å². The van der Waals surface area contributed by atoms with Crippen molar-refractivity contribution in [3.05, 3.63) is 35.7 Å². The van der Waals surface area contributed by atoms with E-state index in [-0.39, 0.29) is 5.92 Å². The first-order valence-electron chi connectivity index (χ1n) is 11.6. The Morgan fingerprint density at radius 1 is 1.06 bits per heavy atom. The maximum Gasteiger partial charge on any atom is 0.408 e. The molecule has 1 aromatic heterocycles. The second kappa shape index (κ2) is 11.9. The number of ether oxygens (including phenoxy) is 1. The van der Waals surface area contributed by atoms with Crippen molar-refractivity contribution in [3.8, 4) is 11.4 Å². The number of alkyl carbamates (subject to hydrolysis) is 1. The van der Waals surface area contributed by atoms with Gasteiger partial charge in [-0.25, -0.2) is 4.79 Å². The molecule has 1 N–H and O–H groups in total. The number of nitrogens with one attached hydrogen (secondary N) is 1. The van der Waals surface area contributed by atoms with E-state index in [1.54, 1.807) is 0 Å². The molecule has 6 heteroatoms. The fourth-order valence-corrected chi connectivity index (χ4v) is 3.36. The lowest BCUT2D eigenvalue weighted by Crippen LogP contribution is -2.37. The lowest BCUT2D eigenvalue weighted by atomic mass is 10.0. The van der Waals surface area contributed by atoms with Crippen LogP contribution in [-0.2, 0) is 11.2 Å². The Kier molecular flexibility index (Phi) is 9.53. The smallest absolute Gasteiger partial charge is 0.408 e. The lowest BCUT2D eigenvalue weighted by Gasteiger charge is -2.23. The average molecular weight is 430 g/mol. The highest BCUT2D eigenvalue weighted by atomic mass is 16.6. The van der Waals surface area contributed by atoms with Gasteiger partial charge in [0.05, 0.1) is 0 Å². The molecule has 2 rings (SSSR count). The van der Waals surface area contributed by atoms with E-state index in [1.165, 1.54) is 44.1 Å². The van der Waals surface area contributed by atoms with Crippen LogP contribution in [0.1, 0.15) is 97.6 Å². The number of hydrogen-bond acceptors (Lipinski definition) is 5. The molecule has 31 heavy (non-hydrogen) atoms. The van der Waals surface area contributed by atoms with Crippen molar-refractivity contribution in [2.24, 2.45) is 5.92 Å². The maximum absolute atomic E-state index is 12.2. The molecule has 1 amide bonds. The van der Waals surface area contributed by atoms with Gasteiger partial charge in [0.15, 0.2) is 0 Å². The quantitative estimate of drug-likeness (QED) is 0.395. The number of aromatic nitrogens is 2. The zero-order chi connectivity index (χ0) is 22.9. The number of benzene rings is 1. The molecule has 0 radical (unpaired) electrons. The van der Waals surface area contributed by atoms with Crippen molar-refractivity contribution in [2.45, 2.75) is 98.1 Å². The van der Waals surface area contributed by atoms with E-state index in [2.05, 4.69) is 34.5 Å². The Labute approximate surface area is 187 Å². The number of nitrogens with zero attached hydrogens (tertiary/aromatic N) is 2. The third-order valence-electron chi connectivity index (χ3n) is 5.08. The fraction of sp³-hybridized carbons (Fsp3) is 0.640. The van der Waals surface area contributed by atoms with Crippen LogP contribution in [0.2, 0.25) is 0 Å². The minimum absolute atomic E-state index is 0.0699. The largest absolute Gasteiger partial charge is 0.444 e. The predicted octanol–water partition coefficient (Wildman–Crippen LogP) is 6.86. The monoisotopic (exact) mass is 429 g/mol. The van der Waals surface area contributed by atoms with E-state index in [0.717, 1.165) is 12.0 Å². The molecule has 1 aromatic carbocycles. The molecule has 0 saturated heterocycles. The molecule has 0 bridgehead atoms. The molecule has 0 fully saturated rings. The van der Waals surface area contributed by atoms with Gasteiger partial charge in [0.25, 0.3) is 0 Å². The molecule has 1 heterocycles. The van der Waals surface area contributed by atoms with Gasteiger partial charge in [0.1, 0.15) is 11.6 Å². The number of rotatable bonds is 11. The van der Waals surface area contributed by atoms with E-state index in [1.807, 2.05) is 46.8 Å². The first-order chi connectivity index (χ1) is 14.7. The Bertz CT molecular complexity index is 791. The van der Waals surface area contributed by atoms with Gasteiger partial charge >= 0.3 is 6.09 Å². The van der Waals surface area contributed by atoms with Crippen LogP contribution in [0.3, 0.4) is 0 Å². The topological polar surface area (TPSA) is 77.2 Å². The van der Waals surface area contributed by atoms with E-state index in [4.69, 9.17) is 9.26 Å². The van der Waals surface area contributed by atoms with E-state index < -0.39 is 17.7 Å². The molecule has 0 unspecified atom stereocenters. The average Bonchev–Trinajstić information content (AvgIpc) is 3.17. The maximum atomic E-state index is 12.2. The van der Waals surface area contributed by atoms with Gasteiger partial charge in [-0.1, -0.05) is 82.3 Å². The summed E-state index contributed by atoms with van der Waals surface area (Å²) in [5.41, 5.74) is 1.67. The molecule has 1 atom stereocenters. The van der Waals surface area contributed by atoms with Gasteiger partial charge in [0, 0.05) is 5.56 Å². The summed E-state index contributed by atoms with van der Waals surface area (Å²) in [6, 6.07) is 7.93. The number of hydrogen-bond donors (Lipinski definition) is 1. The molecular weight excluding hydrogens is 390 g/mol. The summed E-state index contributed by atoms with van der Waals surface area (Å²) < 4.78 is 10.8. The van der Waals surface area contributed by atoms with Crippen LogP contribution in [-0.4, -0.2) is 21.8 Å². The third kappa shape index (κ3) is 8.72. The Hall–Kier alpha value is -2.37. The van der Waals surface area contributed by atoms with E-state index in [9.17, 15) is 4.79 Å². The van der Waals surface area contributed by atoms with E-state index >= 15 is 0 Å². The summed E-state index contributed by atoms with van der Waals surface area (Å²) >= 11 is 0. The van der Waals surface area contributed by atoms with Gasteiger partial charge in [-0.05, 0) is 45.1 Å². The zero-order valence-corrected chi connectivity index (χ0v) is 20.0. The number of amides is 1. The number of carbonyl (C=O) groups is 1. The molecule has 2 aromatic rings. The molecule has 0 aliphatic rings. The molecule has 6 nitrogen and oxygen atoms in total. The van der Waals surface area contributed by atoms with Crippen molar-refractivity contribution >= 4 is 6.09 Å². The second-order valence-electron chi connectivity index (χ2n) is 9.54. The summed E-state index contributed by atoms with van der Waals surface area (Å²) in [6.07, 6.45) is 8.41. The lowest BCUT2D eigenvalue weighted by molar-refractivity contribution is 0.0476. The highest BCUT2D eigenvalue weighted by Gasteiger charge is 2.27. The Morgan fingerprint density at radius 2 is 1.71 bits per heavy atom. The van der Waals surface area contributed by atoms with Gasteiger partial charge in [-0.3, -0.25) is 0 Å². The Balaban J connectivity index is 1.96. The molecule has 172 valence electrons. The fourth-order valence-electron chi connectivity index (χ4n) is 3.36. The highest BCUT2D eigenvalue weighted by molar-refractivity contribution is 5.68. The summed E-state index contributed by atoms with van der Waals surface area (Å²) in [5.74, 6) is 0.977. The van der Waals surface area contributed by atoms with Crippen LogP contribution in [0.15, 0.2) is 28.8 Å². The van der Waals surface area contributed by atoms with Crippen LogP contribution < -0.4 is 5.32 Å². The summed E-state index contributed by atoms with van der Waals surface area (Å²) in [4.78, 5) is 16.7. The highest BCUT2D eigenvalue weighted by Crippen LogP contribution is 2.24. The number of unbranched alkanes of at least 4 members (excludes halogenated alkanes) is 5. The van der Waals surface area contributed by atoms with Crippen LogP contribution in [0.5, 0.6) is 0 Å². The minimum Gasteiger partial charge on any atom is -0.444 e. The van der Waals surface area contributed by atoms with Crippen molar-refractivity contribution in [1.29, 1.82) is 0 Å². The van der Waals surface area contributed by atoms with Crippen LogP contribution in [0, 0.1) is 5.92 Å². The van der Waals surface area contributed by atoms with Crippen LogP contribution >= 0.6 is 0 Å². The van der Waals surface area contributed by atoms with Crippen LogP contribution in [0.25, 0.3) is 11.4 Å². The number of carbonyl (C=O) groups excluding carboxylic acids is 1. The van der Waals surface area contributed by atoms with Crippen molar-refractivity contribution in [3.63, 3.8) is 0 Å². The second-order valence-corrected chi connectivity index (χ2v) is 9.54. The van der Waals surface area contributed by atoms with Crippen molar-refractivity contribution < 1.29 is 14.1 Å². The summed E-state index contributed by atoms with van der Waals surface area (Å²) in [7, 11) is 0. The standard InChI is InChI=1S/C25H39N3O3/c1-7-8-9-10-11-12-13-19-14-16-20(17-15-19)22-27-23(31-28-22)21(18(2)3)26-24(29)30-25(4,5)6/h14-18,21H,7-13H2,1-6H3,(H,26,29)/t21-/m0/s1. The van der Waals surface area contributed by atoms with Gasteiger partial charge < -0.3 is 14.6 Å². The molecule has 0 spiro atoms. The molecule has 0 aliphatic heterocycles. The first-order valence-corrected chi connectivity index (χ1v) is 11.6. The SMILES string of the molecule is CCCCCCCCc1ccc(-c2noc([C@@H](NC(=O)OC(C)(C)C)C(C)C)n2)cc1. The van der Waals surface area contributed by atoms with Gasteiger partial charge in [-0.15, -0.1) is 0 Å². The molecule has 0 aliphatic carbocycles. The van der Waals surface area contributed by atoms with Crippen molar-refractivity contribution in [2.75, 3.05) is 0 Å². The normalized spacial score (nSPS) is 12.7. The first kappa shape index (κ1) is 24.9. The predicted molar refractivity (Wildman–Crippen MR) is 124 cm³/mol. The zero-order valence-electron chi connectivity index (χ0n) is 20.0. The van der Waals surface area contributed by atoms with Crippen molar-refractivity contribution in [1.82, 2.24) is 15.5 Å². The van der Waals surface area contributed by atoms with E-state index in [0.29, 0.717) is 11.7 Å². The Morgan fingerprint density at radius 3 is 2.32 bits per heavy atom. The summed E-state index contributed by atoms with van der Waals surface area (Å²) in [5, 5.41) is 6.97. The molecular formula is C25H39N3O3. The minimum atomic E-state index is -0.567. The molecule has 0 saturated carbocycles. The van der Waals surface area contributed by atoms with Crippen LogP contribution in [0.4, 0.5) is 4.79 Å².